The Hall–Kier alpha value is -1.59. The van der Waals surface area contributed by atoms with Crippen LogP contribution in [0.15, 0.2) is 0 Å². The molecule has 18 heavy (non-hydrogen) atoms. The first-order chi connectivity index (χ1) is 8.54. The number of hydrogen-bond donors (Lipinski definition) is 0. The van der Waals surface area contributed by atoms with E-state index < -0.39 is 23.8 Å². The van der Waals surface area contributed by atoms with Gasteiger partial charge in [0.05, 0.1) is 39.1 Å². The normalized spacial score (nSPS) is 27.2. The van der Waals surface area contributed by atoms with E-state index in [-0.39, 0.29) is 18.3 Å². The molecule has 1 fully saturated rings. The molecule has 0 saturated heterocycles. The highest BCUT2D eigenvalue weighted by atomic mass is 16.5. The molecule has 0 aromatic rings. The zero-order valence-corrected chi connectivity index (χ0v) is 10.8. The summed E-state index contributed by atoms with van der Waals surface area (Å²) in [6.07, 6.45) is 1.20. The van der Waals surface area contributed by atoms with Crippen LogP contribution in [0.2, 0.25) is 0 Å². The molecule has 1 aliphatic rings. The van der Waals surface area contributed by atoms with Gasteiger partial charge in [0.1, 0.15) is 0 Å². The van der Waals surface area contributed by atoms with Crippen LogP contribution in [0.1, 0.15) is 19.3 Å². The van der Waals surface area contributed by atoms with Crippen LogP contribution in [0.5, 0.6) is 0 Å². The Morgan fingerprint density at radius 3 is 1.78 bits per heavy atom. The Kier molecular flexibility index (Phi) is 5.12. The van der Waals surface area contributed by atoms with Gasteiger partial charge in [0.2, 0.25) is 0 Å². The maximum Gasteiger partial charge on any atom is 0.309 e. The lowest BCUT2D eigenvalue weighted by Crippen LogP contribution is -2.39. The molecular formula is C12H18O6. The first-order valence-corrected chi connectivity index (χ1v) is 5.78. The third-order valence-electron chi connectivity index (χ3n) is 3.39. The maximum absolute atomic E-state index is 11.7. The quantitative estimate of drug-likeness (QED) is 0.543. The summed E-state index contributed by atoms with van der Waals surface area (Å²) in [6.45, 7) is 0. The summed E-state index contributed by atoms with van der Waals surface area (Å²) in [5.74, 6) is -2.82. The highest BCUT2D eigenvalue weighted by molar-refractivity contribution is 5.83. The van der Waals surface area contributed by atoms with Crippen LogP contribution in [0.25, 0.3) is 0 Å². The van der Waals surface area contributed by atoms with E-state index >= 15 is 0 Å². The minimum atomic E-state index is -0.639. The van der Waals surface area contributed by atoms with Crippen molar-refractivity contribution < 1.29 is 28.6 Å². The summed E-state index contributed by atoms with van der Waals surface area (Å²) in [6, 6.07) is 0. The van der Waals surface area contributed by atoms with E-state index in [1.54, 1.807) is 0 Å². The van der Waals surface area contributed by atoms with E-state index in [1.165, 1.54) is 21.3 Å². The number of carbonyl (C=O) groups is 3. The Balaban J connectivity index is 2.82. The molecule has 0 heterocycles. The Morgan fingerprint density at radius 1 is 0.778 bits per heavy atom. The van der Waals surface area contributed by atoms with Crippen molar-refractivity contribution in [3.63, 3.8) is 0 Å². The van der Waals surface area contributed by atoms with Gasteiger partial charge in [0.15, 0.2) is 0 Å². The van der Waals surface area contributed by atoms with Crippen molar-refractivity contribution in [2.45, 2.75) is 19.3 Å². The van der Waals surface area contributed by atoms with Gasteiger partial charge in [-0.05, 0) is 19.3 Å². The fourth-order valence-corrected chi connectivity index (χ4v) is 2.40. The standard InChI is InChI=1S/C12H18O6/c1-16-10(13)7-4-5-8(11(14)17-2)9(6-7)12(15)18-3/h7-9H,4-6H2,1-3H3/t7-,8+,9+/m1/s1. The first-order valence-electron chi connectivity index (χ1n) is 5.78. The molecule has 0 aliphatic heterocycles. The van der Waals surface area contributed by atoms with E-state index in [0.29, 0.717) is 12.8 Å². The Morgan fingerprint density at radius 2 is 1.28 bits per heavy atom. The smallest absolute Gasteiger partial charge is 0.309 e. The third kappa shape index (κ3) is 3.00. The average molecular weight is 258 g/mol. The van der Waals surface area contributed by atoms with Crippen molar-refractivity contribution in [3.8, 4) is 0 Å². The lowest BCUT2D eigenvalue weighted by molar-refractivity contribution is -0.163. The van der Waals surface area contributed by atoms with Gasteiger partial charge in [-0.25, -0.2) is 0 Å². The van der Waals surface area contributed by atoms with Crippen molar-refractivity contribution in [1.29, 1.82) is 0 Å². The number of hydrogen-bond acceptors (Lipinski definition) is 6. The molecule has 1 aliphatic carbocycles. The van der Waals surface area contributed by atoms with Gasteiger partial charge in [0.25, 0.3) is 0 Å². The van der Waals surface area contributed by atoms with E-state index in [2.05, 4.69) is 14.2 Å². The van der Waals surface area contributed by atoms with Crippen molar-refractivity contribution in [3.05, 3.63) is 0 Å². The van der Waals surface area contributed by atoms with Crippen molar-refractivity contribution in [2.75, 3.05) is 21.3 Å². The highest BCUT2D eigenvalue weighted by Crippen LogP contribution is 2.36. The molecule has 1 rings (SSSR count). The van der Waals surface area contributed by atoms with Crippen molar-refractivity contribution in [1.82, 2.24) is 0 Å². The fraction of sp³-hybridized carbons (Fsp3) is 0.750. The number of ether oxygens (including phenoxy) is 3. The van der Waals surface area contributed by atoms with Crippen molar-refractivity contribution >= 4 is 17.9 Å². The molecule has 0 unspecified atom stereocenters. The van der Waals surface area contributed by atoms with E-state index in [1.807, 2.05) is 0 Å². The second kappa shape index (κ2) is 6.37. The van der Waals surface area contributed by atoms with Gasteiger partial charge in [0, 0.05) is 0 Å². The molecule has 0 spiro atoms. The number of rotatable bonds is 3. The minimum Gasteiger partial charge on any atom is -0.469 e. The number of esters is 3. The molecule has 0 N–H and O–H groups in total. The summed E-state index contributed by atoms with van der Waals surface area (Å²) in [5.41, 5.74) is 0. The summed E-state index contributed by atoms with van der Waals surface area (Å²) >= 11 is 0. The molecule has 0 radical (unpaired) electrons. The summed E-state index contributed by atoms with van der Waals surface area (Å²) in [7, 11) is 3.85. The second-order valence-corrected chi connectivity index (χ2v) is 4.29. The predicted octanol–water partition coefficient (Wildman–Crippen LogP) is 0.538. The molecule has 0 aromatic carbocycles. The molecular weight excluding hydrogens is 240 g/mol. The van der Waals surface area contributed by atoms with Crippen LogP contribution in [-0.2, 0) is 28.6 Å². The maximum atomic E-state index is 11.7. The monoisotopic (exact) mass is 258 g/mol. The molecule has 102 valence electrons. The van der Waals surface area contributed by atoms with Gasteiger partial charge < -0.3 is 14.2 Å². The largest absolute Gasteiger partial charge is 0.469 e. The number of methoxy groups -OCH3 is 3. The minimum absolute atomic E-state index is 0.263. The second-order valence-electron chi connectivity index (χ2n) is 4.29. The fourth-order valence-electron chi connectivity index (χ4n) is 2.40. The molecule has 3 atom stereocenters. The zero-order chi connectivity index (χ0) is 13.7. The molecule has 0 bridgehead atoms. The topological polar surface area (TPSA) is 78.9 Å². The van der Waals surface area contributed by atoms with Crippen LogP contribution in [0.4, 0.5) is 0 Å². The van der Waals surface area contributed by atoms with Crippen molar-refractivity contribution in [2.24, 2.45) is 17.8 Å². The van der Waals surface area contributed by atoms with Crippen LogP contribution >= 0.6 is 0 Å². The third-order valence-corrected chi connectivity index (χ3v) is 3.39. The lowest BCUT2D eigenvalue weighted by Gasteiger charge is -2.31. The van der Waals surface area contributed by atoms with Gasteiger partial charge in [-0.2, -0.15) is 0 Å². The van der Waals surface area contributed by atoms with Gasteiger partial charge in [-0.3, -0.25) is 14.4 Å². The van der Waals surface area contributed by atoms with E-state index in [9.17, 15) is 14.4 Å². The van der Waals surface area contributed by atoms with Crippen LogP contribution in [-0.4, -0.2) is 39.2 Å². The molecule has 0 amide bonds. The Bertz CT molecular complexity index is 337. The van der Waals surface area contributed by atoms with Crippen LogP contribution in [0, 0.1) is 17.8 Å². The lowest BCUT2D eigenvalue weighted by atomic mass is 9.74. The molecule has 1 saturated carbocycles. The van der Waals surface area contributed by atoms with E-state index in [4.69, 9.17) is 0 Å². The molecule has 6 heteroatoms. The molecule has 0 aromatic heterocycles. The Labute approximate surface area is 106 Å². The molecule has 6 nitrogen and oxygen atoms in total. The first kappa shape index (κ1) is 14.5. The summed E-state index contributed by atoms with van der Waals surface area (Å²) in [5, 5.41) is 0. The van der Waals surface area contributed by atoms with Gasteiger partial charge in [-0.15, -0.1) is 0 Å². The highest BCUT2D eigenvalue weighted by Gasteiger charge is 2.42. The summed E-state index contributed by atoms with van der Waals surface area (Å²) in [4.78, 5) is 34.7. The average Bonchev–Trinajstić information content (AvgIpc) is 2.43. The zero-order valence-electron chi connectivity index (χ0n) is 10.8. The summed E-state index contributed by atoms with van der Waals surface area (Å²) < 4.78 is 14.0. The predicted molar refractivity (Wildman–Crippen MR) is 60.4 cm³/mol. The number of carbonyl (C=O) groups excluding carboxylic acids is 3. The SMILES string of the molecule is COC(=O)[C@@H]1CC[C@H](C(=O)OC)[C@@H](C(=O)OC)C1. The van der Waals surface area contributed by atoms with Gasteiger partial charge >= 0.3 is 17.9 Å². The van der Waals surface area contributed by atoms with Crippen LogP contribution in [0.3, 0.4) is 0 Å². The van der Waals surface area contributed by atoms with E-state index in [0.717, 1.165) is 0 Å². The van der Waals surface area contributed by atoms with Gasteiger partial charge in [-0.1, -0.05) is 0 Å². The van der Waals surface area contributed by atoms with Crippen LogP contribution < -0.4 is 0 Å².